The van der Waals surface area contributed by atoms with Gasteiger partial charge in [0, 0.05) is 0 Å². The predicted molar refractivity (Wildman–Crippen MR) is 63.5 cm³/mol. The van der Waals surface area contributed by atoms with E-state index in [1.807, 2.05) is 6.92 Å². The lowest BCUT2D eigenvalue weighted by Crippen LogP contribution is -2.04. The van der Waals surface area contributed by atoms with Crippen LogP contribution < -0.4 is 0 Å². The van der Waals surface area contributed by atoms with Gasteiger partial charge in [-0.1, -0.05) is 13.3 Å². The molecule has 0 aliphatic carbocycles. The van der Waals surface area contributed by atoms with Gasteiger partial charge >= 0.3 is 11.7 Å². The van der Waals surface area contributed by atoms with Crippen LogP contribution in [0.2, 0.25) is 0 Å². The van der Waals surface area contributed by atoms with E-state index in [4.69, 9.17) is 5.11 Å². The number of aromatic carboxylic acids is 1. The summed E-state index contributed by atoms with van der Waals surface area (Å²) in [5, 5.41) is 20.0. The van der Waals surface area contributed by atoms with E-state index in [2.05, 4.69) is 4.98 Å². The summed E-state index contributed by atoms with van der Waals surface area (Å²) in [6.07, 6.45) is 3.02. The summed E-state index contributed by atoms with van der Waals surface area (Å²) in [5.74, 6) is -0.489. The highest BCUT2D eigenvalue weighted by molar-refractivity contribution is 7.99. The Hall–Kier alpha value is -1.63. The largest absolute Gasteiger partial charge is 0.477 e. The van der Waals surface area contributed by atoms with Gasteiger partial charge < -0.3 is 5.11 Å². The zero-order valence-corrected chi connectivity index (χ0v) is 10.1. The van der Waals surface area contributed by atoms with Gasteiger partial charge in [-0.3, -0.25) is 10.1 Å². The molecule has 1 aromatic rings. The zero-order valence-electron chi connectivity index (χ0n) is 9.25. The minimum absolute atomic E-state index is 0.316. The van der Waals surface area contributed by atoms with Crippen molar-refractivity contribution < 1.29 is 14.8 Å². The van der Waals surface area contributed by atoms with Crippen molar-refractivity contribution in [3.8, 4) is 0 Å². The normalized spacial score (nSPS) is 10.2. The van der Waals surface area contributed by atoms with Crippen LogP contribution in [0.4, 0.5) is 5.69 Å². The Morgan fingerprint density at radius 2 is 2.35 bits per heavy atom. The van der Waals surface area contributed by atoms with Crippen molar-refractivity contribution in [2.45, 2.75) is 24.8 Å². The van der Waals surface area contributed by atoms with Crippen molar-refractivity contribution in [2.24, 2.45) is 0 Å². The molecule has 0 fully saturated rings. The first-order chi connectivity index (χ1) is 8.06. The van der Waals surface area contributed by atoms with E-state index < -0.39 is 16.6 Å². The number of pyridine rings is 1. The van der Waals surface area contributed by atoms with Crippen molar-refractivity contribution in [1.82, 2.24) is 4.98 Å². The van der Waals surface area contributed by atoms with Crippen molar-refractivity contribution in [2.75, 3.05) is 5.75 Å². The van der Waals surface area contributed by atoms with Crippen LogP contribution in [0.25, 0.3) is 0 Å². The molecule has 0 bridgehead atoms. The Balaban J connectivity index is 2.94. The van der Waals surface area contributed by atoms with Gasteiger partial charge in [0.2, 0.25) is 0 Å². The number of hydrogen-bond donors (Lipinski definition) is 1. The minimum Gasteiger partial charge on any atom is -0.477 e. The molecule has 0 aliphatic rings. The van der Waals surface area contributed by atoms with Crippen molar-refractivity contribution in [1.29, 1.82) is 0 Å². The molecule has 0 radical (unpaired) electrons. The molecule has 92 valence electrons. The second kappa shape index (κ2) is 6.19. The van der Waals surface area contributed by atoms with Crippen LogP contribution in [0.3, 0.4) is 0 Å². The van der Waals surface area contributed by atoms with Crippen molar-refractivity contribution in [3.63, 3.8) is 0 Å². The highest BCUT2D eigenvalue weighted by atomic mass is 32.2. The van der Waals surface area contributed by atoms with E-state index in [-0.39, 0.29) is 5.56 Å². The molecule has 0 aromatic carbocycles. The summed E-state index contributed by atoms with van der Waals surface area (Å²) in [5.41, 5.74) is -0.790. The maximum atomic E-state index is 10.9. The average Bonchev–Trinajstić information content (AvgIpc) is 2.29. The van der Waals surface area contributed by atoms with Gasteiger partial charge in [0.05, 0.1) is 9.95 Å². The molecule has 1 aromatic heterocycles. The third-order valence-corrected chi connectivity index (χ3v) is 3.04. The number of carboxylic acid groups (broad SMARTS) is 1. The fraction of sp³-hybridized carbons (Fsp3) is 0.400. The van der Waals surface area contributed by atoms with Gasteiger partial charge in [-0.05, 0) is 18.2 Å². The number of thioether (sulfide) groups is 1. The van der Waals surface area contributed by atoms with Crippen molar-refractivity contribution in [3.05, 3.63) is 27.9 Å². The maximum absolute atomic E-state index is 10.9. The Kier molecular flexibility index (Phi) is 4.89. The highest BCUT2D eigenvalue weighted by Gasteiger charge is 2.20. The zero-order chi connectivity index (χ0) is 12.8. The Morgan fingerprint density at radius 3 is 2.88 bits per heavy atom. The first-order valence-electron chi connectivity index (χ1n) is 5.06. The summed E-state index contributed by atoms with van der Waals surface area (Å²) in [6, 6.07) is 1.25. The van der Waals surface area contributed by atoms with E-state index in [1.54, 1.807) is 0 Å². The Bertz CT molecular complexity index is 436. The third kappa shape index (κ3) is 3.70. The first kappa shape index (κ1) is 13.4. The quantitative estimate of drug-likeness (QED) is 0.364. The molecular formula is C10H12N2O4S. The van der Waals surface area contributed by atoms with Crippen LogP contribution in [-0.4, -0.2) is 26.7 Å². The number of rotatable bonds is 6. The molecular weight excluding hydrogens is 244 g/mol. The lowest BCUT2D eigenvalue weighted by Gasteiger charge is -2.02. The minimum atomic E-state index is -1.31. The van der Waals surface area contributed by atoms with E-state index >= 15 is 0 Å². The van der Waals surface area contributed by atoms with Crippen LogP contribution in [-0.2, 0) is 0 Å². The summed E-state index contributed by atoms with van der Waals surface area (Å²) in [4.78, 5) is 24.6. The number of hydrogen-bond acceptors (Lipinski definition) is 5. The molecule has 0 atom stereocenters. The van der Waals surface area contributed by atoms with E-state index in [1.165, 1.54) is 17.8 Å². The van der Waals surface area contributed by atoms with Gasteiger partial charge in [-0.25, -0.2) is 9.78 Å². The van der Waals surface area contributed by atoms with E-state index in [0.29, 0.717) is 5.03 Å². The number of nitro groups is 1. The Labute approximate surface area is 102 Å². The molecule has 1 heterocycles. The lowest BCUT2D eigenvalue weighted by atomic mass is 10.2. The number of carboxylic acids is 1. The van der Waals surface area contributed by atoms with Gasteiger partial charge in [0.25, 0.3) is 0 Å². The average molecular weight is 256 g/mol. The number of nitrogens with zero attached hydrogens (tertiary/aromatic N) is 2. The molecule has 7 heteroatoms. The summed E-state index contributed by atoms with van der Waals surface area (Å²) < 4.78 is 0. The van der Waals surface area contributed by atoms with Crippen LogP contribution >= 0.6 is 11.8 Å². The van der Waals surface area contributed by atoms with Crippen LogP contribution in [0.15, 0.2) is 17.3 Å². The second-order valence-electron chi connectivity index (χ2n) is 3.30. The molecule has 0 aliphatic heterocycles. The highest BCUT2D eigenvalue weighted by Crippen LogP contribution is 2.24. The van der Waals surface area contributed by atoms with Gasteiger partial charge in [-0.15, -0.1) is 11.8 Å². The maximum Gasteiger partial charge on any atom is 0.342 e. The van der Waals surface area contributed by atoms with E-state index in [9.17, 15) is 14.9 Å². The molecule has 6 nitrogen and oxygen atoms in total. The van der Waals surface area contributed by atoms with Crippen molar-refractivity contribution >= 4 is 23.4 Å². The summed E-state index contributed by atoms with van der Waals surface area (Å²) in [6.45, 7) is 2.05. The monoisotopic (exact) mass is 256 g/mol. The predicted octanol–water partition coefficient (Wildman–Crippen LogP) is 2.58. The van der Waals surface area contributed by atoms with Gasteiger partial charge in [0.15, 0.2) is 0 Å². The molecule has 0 spiro atoms. The molecule has 1 rings (SSSR count). The molecule has 0 amide bonds. The number of carbonyl (C=O) groups is 1. The SMILES string of the molecule is CCCCSc1cc(C(=O)O)c([N+](=O)[O-])cn1. The summed E-state index contributed by atoms with van der Waals surface area (Å²) >= 11 is 1.40. The van der Waals surface area contributed by atoms with Crippen LogP contribution in [0.5, 0.6) is 0 Å². The fourth-order valence-corrected chi connectivity index (χ4v) is 2.12. The topological polar surface area (TPSA) is 93.3 Å². The molecule has 0 saturated heterocycles. The first-order valence-corrected chi connectivity index (χ1v) is 6.05. The van der Waals surface area contributed by atoms with Gasteiger partial charge in [0.1, 0.15) is 11.8 Å². The molecule has 1 N–H and O–H groups in total. The third-order valence-electron chi connectivity index (χ3n) is 2.03. The molecule has 17 heavy (non-hydrogen) atoms. The van der Waals surface area contributed by atoms with Gasteiger partial charge in [-0.2, -0.15) is 0 Å². The fourth-order valence-electron chi connectivity index (χ4n) is 1.15. The molecule has 0 saturated carbocycles. The lowest BCUT2D eigenvalue weighted by molar-refractivity contribution is -0.385. The van der Waals surface area contributed by atoms with Crippen LogP contribution in [0.1, 0.15) is 30.1 Å². The standard InChI is InChI=1S/C10H12N2O4S/c1-2-3-4-17-9-5-7(10(13)14)8(6-11-9)12(15)16/h5-6H,2-4H2,1H3,(H,13,14). The van der Waals surface area contributed by atoms with E-state index in [0.717, 1.165) is 24.8 Å². The number of unbranched alkanes of at least 4 members (excludes halogenated alkanes) is 1. The number of aromatic nitrogens is 1. The van der Waals surface area contributed by atoms with Crippen LogP contribution in [0, 0.1) is 10.1 Å². The molecule has 0 unspecified atom stereocenters. The Morgan fingerprint density at radius 1 is 1.65 bits per heavy atom. The summed E-state index contributed by atoms with van der Waals surface area (Å²) in [7, 11) is 0. The smallest absolute Gasteiger partial charge is 0.342 e. The second-order valence-corrected chi connectivity index (χ2v) is 4.42.